The molecule has 1 atom stereocenters. The van der Waals surface area contributed by atoms with Crippen molar-refractivity contribution in [1.82, 2.24) is 24.6 Å². The molecule has 1 N–H and O–H groups in total. The number of aliphatic hydroxyl groups is 1. The summed E-state index contributed by atoms with van der Waals surface area (Å²) in [4.78, 5) is 13.8. The van der Waals surface area contributed by atoms with E-state index in [-0.39, 0.29) is 6.10 Å². The van der Waals surface area contributed by atoms with Gasteiger partial charge in [-0.05, 0) is 62.9 Å². The van der Waals surface area contributed by atoms with Crippen molar-refractivity contribution < 1.29 is 9.84 Å². The number of halogens is 1. The van der Waals surface area contributed by atoms with Gasteiger partial charge in [-0.15, -0.1) is 0 Å². The van der Waals surface area contributed by atoms with Gasteiger partial charge in [-0.1, -0.05) is 11.6 Å². The summed E-state index contributed by atoms with van der Waals surface area (Å²) in [5.41, 5.74) is 2.21. The summed E-state index contributed by atoms with van der Waals surface area (Å²) in [6.07, 6.45) is 4.91. The van der Waals surface area contributed by atoms with Gasteiger partial charge in [0.1, 0.15) is 11.6 Å². The van der Waals surface area contributed by atoms with Crippen LogP contribution in [-0.4, -0.2) is 81.3 Å². The van der Waals surface area contributed by atoms with Gasteiger partial charge in [0.15, 0.2) is 5.82 Å². The third-order valence-corrected chi connectivity index (χ3v) is 7.62. The Morgan fingerprint density at radius 3 is 2.58 bits per heavy atom. The van der Waals surface area contributed by atoms with Crippen molar-refractivity contribution >= 4 is 28.3 Å². The van der Waals surface area contributed by atoms with E-state index in [1.165, 1.54) is 5.56 Å². The monoisotopic (exact) mass is 468 g/mol. The van der Waals surface area contributed by atoms with Gasteiger partial charge in [-0.3, -0.25) is 4.90 Å². The van der Waals surface area contributed by atoms with E-state index in [0.29, 0.717) is 30.9 Å². The topological polar surface area (TPSA) is 79.5 Å². The SMILES string of the molecule is Cc1nc(N2CC(O)C2)cc(-n2ncc3cc(Cl)c(C4CCN(C5CCOC5)CC4)cc32)n1. The third kappa shape index (κ3) is 3.99. The lowest BCUT2D eigenvalue weighted by molar-refractivity contribution is 0.122. The van der Waals surface area contributed by atoms with Gasteiger partial charge in [0.05, 0.1) is 24.4 Å². The lowest BCUT2D eigenvalue weighted by Crippen LogP contribution is -2.51. The molecule has 3 aliphatic heterocycles. The van der Waals surface area contributed by atoms with Crippen LogP contribution in [-0.2, 0) is 4.74 Å². The lowest BCUT2D eigenvalue weighted by atomic mass is 9.88. The van der Waals surface area contributed by atoms with E-state index < -0.39 is 0 Å². The third-order valence-electron chi connectivity index (χ3n) is 7.29. The first-order valence-electron chi connectivity index (χ1n) is 11.8. The van der Waals surface area contributed by atoms with Crippen molar-refractivity contribution in [2.24, 2.45) is 0 Å². The van der Waals surface area contributed by atoms with Gasteiger partial charge in [0.25, 0.3) is 0 Å². The van der Waals surface area contributed by atoms with Gasteiger partial charge in [-0.2, -0.15) is 5.10 Å². The number of anilines is 1. The van der Waals surface area contributed by atoms with Gasteiger partial charge in [0.2, 0.25) is 0 Å². The number of aliphatic hydroxyl groups excluding tert-OH is 1. The number of nitrogens with zero attached hydrogens (tertiary/aromatic N) is 6. The van der Waals surface area contributed by atoms with Crippen LogP contribution in [0.5, 0.6) is 0 Å². The highest BCUT2D eigenvalue weighted by Gasteiger charge is 2.30. The van der Waals surface area contributed by atoms with Crippen molar-refractivity contribution in [2.75, 3.05) is 44.3 Å². The van der Waals surface area contributed by atoms with E-state index in [2.05, 4.69) is 30.9 Å². The number of hydrogen-bond donors (Lipinski definition) is 1. The molecule has 174 valence electrons. The number of aromatic nitrogens is 4. The number of rotatable bonds is 4. The first-order valence-corrected chi connectivity index (χ1v) is 12.2. The molecule has 0 spiro atoms. The summed E-state index contributed by atoms with van der Waals surface area (Å²) in [5, 5.41) is 16.1. The molecule has 3 aromatic rings. The summed E-state index contributed by atoms with van der Waals surface area (Å²) >= 11 is 6.76. The molecule has 3 saturated heterocycles. The lowest BCUT2D eigenvalue weighted by Gasteiger charge is -2.37. The fraction of sp³-hybridized carbons (Fsp3) is 0.542. The molecule has 0 radical (unpaired) electrons. The first kappa shape index (κ1) is 21.3. The molecular formula is C24H29ClN6O2. The molecule has 1 aromatic carbocycles. The minimum atomic E-state index is -0.286. The molecule has 0 aliphatic carbocycles. The summed E-state index contributed by atoms with van der Waals surface area (Å²) < 4.78 is 7.47. The number of aryl methyl sites for hydroxylation is 1. The van der Waals surface area contributed by atoms with Crippen molar-refractivity contribution in [2.45, 2.75) is 44.2 Å². The van der Waals surface area contributed by atoms with Gasteiger partial charge >= 0.3 is 0 Å². The van der Waals surface area contributed by atoms with Gasteiger partial charge < -0.3 is 14.7 Å². The van der Waals surface area contributed by atoms with E-state index in [0.717, 1.165) is 73.1 Å². The molecule has 6 rings (SSSR count). The number of ether oxygens (including phenoxy) is 1. The van der Waals surface area contributed by atoms with Crippen LogP contribution >= 0.6 is 11.6 Å². The van der Waals surface area contributed by atoms with Crippen LogP contribution in [0.2, 0.25) is 5.02 Å². The highest BCUT2D eigenvalue weighted by atomic mass is 35.5. The Hall–Kier alpha value is -2.26. The fourth-order valence-corrected chi connectivity index (χ4v) is 5.72. The minimum Gasteiger partial charge on any atom is -0.389 e. The number of benzene rings is 1. The Bertz CT molecular complexity index is 1160. The summed E-state index contributed by atoms with van der Waals surface area (Å²) in [6.45, 7) is 7.01. The molecule has 0 amide bonds. The predicted octanol–water partition coefficient (Wildman–Crippen LogP) is 2.93. The second-order valence-electron chi connectivity index (χ2n) is 9.51. The smallest absolute Gasteiger partial charge is 0.159 e. The number of likely N-dealkylation sites (tertiary alicyclic amines) is 1. The molecule has 9 heteroatoms. The summed E-state index contributed by atoms with van der Waals surface area (Å²) in [7, 11) is 0. The molecular weight excluding hydrogens is 440 g/mol. The maximum Gasteiger partial charge on any atom is 0.159 e. The number of piperidine rings is 1. The molecule has 3 aliphatic rings. The average molecular weight is 469 g/mol. The normalized spacial score (nSPS) is 22.9. The Kier molecular flexibility index (Phi) is 5.49. The zero-order chi connectivity index (χ0) is 22.5. The minimum absolute atomic E-state index is 0.286. The van der Waals surface area contributed by atoms with Gasteiger partial charge in [-0.25, -0.2) is 14.6 Å². The van der Waals surface area contributed by atoms with Gasteiger partial charge in [0, 0.05) is 42.2 Å². The zero-order valence-corrected chi connectivity index (χ0v) is 19.6. The number of fused-ring (bicyclic) bond motifs is 1. The second kappa shape index (κ2) is 8.51. The molecule has 8 nitrogen and oxygen atoms in total. The van der Waals surface area contributed by atoms with Crippen LogP contribution in [0.1, 0.15) is 36.6 Å². The first-order chi connectivity index (χ1) is 16.0. The highest BCUT2D eigenvalue weighted by Crippen LogP contribution is 2.37. The Balaban J connectivity index is 1.29. The zero-order valence-electron chi connectivity index (χ0n) is 18.8. The van der Waals surface area contributed by atoms with Crippen LogP contribution in [0.4, 0.5) is 5.82 Å². The predicted molar refractivity (Wildman–Crippen MR) is 127 cm³/mol. The summed E-state index contributed by atoms with van der Waals surface area (Å²) in [6, 6.07) is 6.76. The van der Waals surface area contributed by atoms with Crippen LogP contribution in [0, 0.1) is 6.92 Å². The number of hydrogen-bond acceptors (Lipinski definition) is 7. The second-order valence-corrected chi connectivity index (χ2v) is 9.91. The van der Waals surface area contributed by atoms with Crippen molar-refractivity contribution in [3.05, 3.63) is 40.8 Å². The van der Waals surface area contributed by atoms with Crippen molar-refractivity contribution in [3.8, 4) is 5.82 Å². The Morgan fingerprint density at radius 2 is 1.85 bits per heavy atom. The number of β-amino-alcohol motifs (C(OH)–C–C–N with tert-alkyl or cyclic N) is 1. The van der Waals surface area contributed by atoms with Crippen LogP contribution in [0.25, 0.3) is 16.7 Å². The Morgan fingerprint density at radius 1 is 1.06 bits per heavy atom. The maximum absolute atomic E-state index is 9.68. The maximum atomic E-state index is 9.68. The Labute approximate surface area is 198 Å². The molecule has 3 fully saturated rings. The molecule has 1 unspecified atom stereocenters. The van der Waals surface area contributed by atoms with E-state index in [1.807, 2.05) is 29.9 Å². The molecule has 0 saturated carbocycles. The average Bonchev–Trinajstić information content (AvgIpc) is 3.46. The van der Waals surface area contributed by atoms with E-state index >= 15 is 0 Å². The summed E-state index contributed by atoms with van der Waals surface area (Å²) in [5.74, 6) is 2.68. The van der Waals surface area contributed by atoms with Crippen LogP contribution in [0.3, 0.4) is 0 Å². The molecule has 5 heterocycles. The molecule has 2 aromatic heterocycles. The van der Waals surface area contributed by atoms with E-state index in [4.69, 9.17) is 16.3 Å². The van der Waals surface area contributed by atoms with Crippen molar-refractivity contribution in [3.63, 3.8) is 0 Å². The molecule has 0 bridgehead atoms. The van der Waals surface area contributed by atoms with E-state index in [1.54, 1.807) is 0 Å². The van der Waals surface area contributed by atoms with Crippen LogP contribution < -0.4 is 4.90 Å². The van der Waals surface area contributed by atoms with Crippen molar-refractivity contribution in [1.29, 1.82) is 0 Å². The largest absolute Gasteiger partial charge is 0.389 e. The fourth-order valence-electron chi connectivity index (χ4n) is 5.39. The standard InChI is InChI=1S/C24H29ClN6O2/c1-15-27-23(30-12-19(32)13-30)10-24(28-15)31-22-9-20(21(25)8-17(22)11-26-31)16-2-5-29(6-3-16)18-4-7-33-14-18/h8-11,16,18-19,32H,2-7,12-14H2,1H3. The highest BCUT2D eigenvalue weighted by molar-refractivity contribution is 6.32. The quantitative estimate of drug-likeness (QED) is 0.630. The van der Waals surface area contributed by atoms with Crippen LogP contribution in [0.15, 0.2) is 24.4 Å². The van der Waals surface area contributed by atoms with E-state index in [9.17, 15) is 5.11 Å². The molecule has 33 heavy (non-hydrogen) atoms.